The molecule has 0 amide bonds. The third kappa shape index (κ3) is 4.10. The van der Waals surface area contributed by atoms with Gasteiger partial charge in [0.05, 0.1) is 34.5 Å². The standard InChI is InChI=1S/C25H18F3N3O2S/c26-25(27,28)24-18(16-5-2-1-3-6-16)13-22(34-24)19-14-31(15-29-19)21-8-4-7-20-17(21)9-11-30(20)12-10-23(32)33/h1-9,11,13-15H,10,12H2,(H,32,33). The van der Waals surface area contributed by atoms with Crippen molar-refractivity contribution in [2.24, 2.45) is 0 Å². The molecule has 0 bridgehead atoms. The van der Waals surface area contributed by atoms with Crippen molar-refractivity contribution in [3.05, 3.63) is 84.3 Å². The van der Waals surface area contributed by atoms with Crippen LogP contribution < -0.4 is 0 Å². The number of carbonyl (C=O) groups is 1. The van der Waals surface area contributed by atoms with Crippen molar-refractivity contribution < 1.29 is 23.1 Å². The van der Waals surface area contributed by atoms with Gasteiger partial charge in [-0.3, -0.25) is 4.79 Å². The van der Waals surface area contributed by atoms with Crippen molar-refractivity contribution in [2.45, 2.75) is 19.1 Å². The number of aliphatic carboxylic acids is 1. The molecule has 0 saturated heterocycles. The van der Waals surface area contributed by atoms with Crippen LogP contribution in [0.3, 0.4) is 0 Å². The van der Waals surface area contributed by atoms with Crippen LogP contribution in [0.25, 0.3) is 38.3 Å². The molecule has 172 valence electrons. The molecule has 3 aromatic heterocycles. The smallest absolute Gasteiger partial charge is 0.426 e. The third-order valence-corrected chi connectivity index (χ3v) is 6.75. The Labute approximate surface area is 196 Å². The van der Waals surface area contributed by atoms with E-state index in [0.717, 1.165) is 16.6 Å². The molecule has 2 aromatic carbocycles. The number of carboxylic acids is 1. The molecular formula is C25H18F3N3O2S. The van der Waals surface area contributed by atoms with Crippen LogP contribution in [0.4, 0.5) is 13.2 Å². The number of alkyl halides is 3. The lowest BCUT2D eigenvalue weighted by Crippen LogP contribution is -2.03. The number of aryl methyl sites for hydroxylation is 1. The van der Waals surface area contributed by atoms with Gasteiger partial charge < -0.3 is 14.2 Å². The highest BCUT2D eigenvalue weighted by atomic mass is 32.1. The summed E-state index contributed by atoms with van der Waals surface area (Å²) in [7, 11) is 0. The van der Waals surface area contributed by atoms with Gasteiger partial charge in [0.2, 0.25) is 0 Å². The molecule has 0 aliphatic carbocycles. The maximum atomic E-state index is 13.8. The van der Waals surface area contributed by atoms with Gasteiger partial charge in [0.15, 0.2) is 0 Å². The van der Waals surface area contributed by atoms with Crippen molar-refractivity contribution in [3.63, 3.8) is 0 Å². The zero-order valence-corrected chi connectivity index (χ0v) is 18.5. The largest absolute Gasteiger partial charge is 0.481 e. The van der Waals surface area contributed by atoms with E-state index >= 15 is 0 Å². The van der Waals surface area contributed by atoms with Crippen LogP contribution in [-0.2, 0) is 17.5 Å². The van der Waals surface area contributed by atoms with E-state index in [1.54, 1.807) is 53.5 Å². The fourth-order valence-corrected chi connectivity index (χ4v) is 4.99. The molecular weight excluding hydrogens is 463 g/mol. The minimum Gasteiger partial charge on any atom is -0.481 e. The minimum atomic E-state index is -4.47. The first-order valence-electron chi connectivity index (χ1n) is 10.4. The number of halogens is 3. The molecule has 1 N–H and O–H groups in total. The van der Waals surface area contributed by atoms with Crippen LogP contribution in [0.2, 0.25) is 0 Å². The van der Waals surface area contributed by atoms with E-state index in [-0.39, 0.29) is 12.0 Å². The first-order chi connectivity index (χ1) is 16.3. The minimum absolute atomic E-state index is 0.00684. The molecule has 34 heavy (non-hydrogen) atoms. The topological polar surface area (TPSA) is 60.0 Å². The second-order valence-electron chi connectivity index (χ2n) is 7.75. The number of carboxylic acid groups (broad SMARTS) is 1. The van der Waals surface area contributed by atoms with E-state index in [1.807, 2.05) is 35.0 Å². The summed E-state index contributed by atoms with van der Waals surface area (Å²) >= 11 is 0.679. The monoisotopic (exact) mass is 481 g/mol. The summed E-state index contributed by atoms with van der Waals surface area (Å²) in [6.45, 7) is 0.342. The van der Waals surface area contributed by atoms with Gasteiger partial charge >= 0.3 is 12.1 Å². The van der Waals surface area contributed by atoms with Crippen molar-refractivity contribution in [1.29, 1.82) is 0 Å². The fourth-order valence-electron chi connectivity index (χ4n) is 3.99. The highest BCUT2D eigenvalue weighted by molar-refractivity contribution is 7.16. The number of aromatic nitrogens is 3. The molecule has 0 fully saturated rings. The number of thiophene rings is 1. The van der Waals surface area contributed by atoms with Gasteiger partial charge in [0.1, 0.15) is 4.88 Å². The van der Waals surface area contributed by atoms with Gasteiger partial charge in [-0.15, -0.1) is 11.3 Å². The quantitative estimate of drug-likeness (QED) is 0.293. The van der Waals surface area contributed by atoms with Crippen molar-refractivity contribution in [1.82, 2.24) is 14.1 Å². The predicted octanol–water partition coefficient (Wildman–Crippen LogP) is 6.72. The predicted molar refractivity (Wildman–Crippen MR) is 125 cm³/mol. The van der Waals surface area contributed by atoms with Gasteiger partial charge in [-0.2, -0.15) is 13.2 Å². The summed E-state index contributed by atoms with van der Waals surface area (Å²) in [6, 6.07) is 17.6. The Bertz CT molecular complexity index is 1480. The Hall–Kier alpha value is -3.85. The summed E-state index contributed by atoms with van der Waals surface area (Å²) in [5, 5.41) is 9.87. The SMILES string of the molecule is O=C(O)CCn1ccc2c(-n3cnc(-c4cc(-c5ccccc5)c(C(F)(F)F)s4)c3)cccc21. The summed E-state index contributed by atoms with van der Waals surface area (Å²) < 4.78 is 44.9. The zero-order chi connectivity index (χ0) is 23.9. The van der Waals surface area contributed by atoms with Crippen molar-refractivity contribution >= 4 is 28.2 Å². The summed E-state index contributed by atoms with van der Waals surface area (Å²) in [6.07, 6.45) is 0.655. The van der Waals surface area contributed by atoms with Gasteiger partial charge in [0, 0.05) is 29.9 Å². The normalized spacial score (nSPS) is 11.9. The number of imidazole rings is 1. The van der Waals surface area contributed by atoms with E-state index in [4.69, 9.17) is 5.11 Å². The van der Waals surface area contributed by atoms with Crippen molar-refractivity contribution in [3.8, 4) is 27.4 Å². The van der Waals surface area contributed by atoms with E-state index in [2.05, 4.69) is 4.98 Å². The average Bonchev–Trinajstić information content (AvgIpc) is 3.55. The average molecular weight is 481 g/mol. The molecule has 5 aromatic rings. The zero-order valence-electron chi connectivity index (χ0n) is 17.7. The summed E-state index contributed by atoms with van der Waals surface area (Å²) in [5.74, 6) is -0.874. The second-order valence-corrected chi connectivity index (χ2v) is 8.80. The van der Waals surface area contributed by atoms with Gasteiger partial charge in [-0.1, -0.05) is 36.4 Å². The Morgan fingerprint density at radius 3 is 2.59 bits per heavy atom. The highest BCUT2D eigenvalue weighted by Gasteiger charge is 2.36. The molecule has 9 heteroatoms. The lowest BCUT2D eigenvalue weighted by Gasteiger charge is -2.07. The Balaban J connectivity index is 1.53. The number of hydrogen-bond donors (Lipinski definition) is 1. The maximum absolute atomic E-state index is 13.8. The molecule has 0 atom stereocenters. The molecule has 5 rings (SSSR count). The molecule has 0 spiro atoms. The number of rotatable bonds is 6. The van der Waals surface area contributed by atoms with E-state index < -0.39 is 17.0 Å². The van der Waals surface area contributed by atoms with Crippen LogP contribution in [-0.4, -0.2) is 25.2 Å². The van der Waals surface area contributed by atoms with E-state index in [1.165, 1.54) is 0 Å². The Morgan fingerprint density at radius 2 is 1.85 bits per heavy atom. The molecule has 5 nitrogen and oxygen atoms in total. The molecule has 0 radical (unpaired) electrons. The Kier molecular flexibility index (Phi) is 5.49. The van der Waals surface area contributed by atoms with Crippen molar-refractivity contribution in [2.75, 3.05) is 0 Å². The van der Waals surface area contributed by atoms with Gasteiger partial charge in [-0.05, 0) is 29.8 Å². The lowest BCUT2D eigenvalue weighted by atomic mass is 10.1. The van der Waals surface area contributed by atoms with E-state index in [0.29, 0.717) is 34.0 Å². The van der Waals surface area contributed by atoms with Crippen LogP contribution in [0.5, 0.6) is 0 Å². The maximum Gasteiger partial charge on any atom is 0.426 e. The Morgan fingerprint density at radius 1 is 1.06 bits per heavy atom. The van der Waals surface area contributed by atoms with Crippen LogP contribution in [0, 0.1) is 0 Å². The van der Waals surface area contributed by atoms with Crippen LogP contribution >= 0.6 is 11.3 Å². The summed E-state index contributed by atoms with van der Waals surface area (Å²) in [5.41, 5.74) is 2.77. The second kappa shape index (κ2) is 8.49. The van der Waals surface area contributed by atoms with Gasteiger partial charge in [-0.25, -0.2) is 4.98 Å². The molecule has 3 heterocycles. The van der Waals surface area contributed by atoms with E-state index in [9.17, 15) is 18.0 Å². The molecule has 0 aliphatic rings. The highest BCUT2D eigenvalue weighted by Crippen LogP contribution is 2.45. The first-order valence-corrected chi connectivity index (χ1v) is 11.2. The fraction of sp³-hybridized carbons (Fsp3) is 0.120. The first kappa shape index (κ1) is 22.0. The number of benzene rings is 2. The lowest BCUT2D eigenvalue weighted by molar-refractivity contribution is -0.137. The molecule has 0 aliphatic heterocycles. The van der Waals surface area contributed by atoms with Crippen LogP contribution in [0.1, 0.15) is 11.3 Å². The number of nitrogens with zero attached hydrogens (tertiary/aromatic N) is 3. The van der Waals surface area contributed by atoms with Gasteiger partial charge in [0.25, 0.3) is 0 Å². The summed E-state index contributed by atoms with van der Waals surface area (Å²) in [4.78, 5) is 15.1. The number of hydrogen-bond acceptors (Lipinski definition) is 3. The molecule has 0 unspecified atom stereocenters. The van der Waals surface area contributed by atoms with Crippen LogP contribution in [0.15, 0.2) is 79.4 Å². The number of fused-ring (bicyclic) bond motifs is 1. The molecule has 0 saturated carbocycles. The third-order valence-electron chi connectivity index (χ3n) is 5.54.